The SMILES string of the molecule is CCc1c(N(C)N2CSC(C#N)=C2c2ccc(F)cc2)c2nc(N3CCNCC3)ccc2n1C. The number of rotatable bonds is 5. The normalized spacial score (nSPS) is 16.4. The molecular weight excluding hydrogens is 449 g/mol. The monoisotopic (exact) mass is 477 g/mol. The Labute approximate surface area is 203 Å². The molecule has 3 aromatic rings. The number of nitriles is 1. The number of halogens is 1. The van der Waals surface area contributed by atoms with Gasteiger partial charge < -0.3 is 14.8 Å². The van der Waals surface area contributed by atoms with Crippen molar-refractivity contribution in [2.24, 2.45) is 7.05 Å². The fourth-order valence-electron chi connectivity index (χ4n) is 4.85. The van der Waals surface area contributed by atoms with E-state index in [1.54, 1.807) is 12.1 Å². The largest absolute Gasteiger partial charge is 0.354 e. The number of anilines is 2. The van der Waals surface area contributed by atoms with E-state index in [9.17, 15) is 9.65 Å². The van der Waals surface area contributed by atoms with Gasteiger partial charge in [0.2, 0.25) is 0 Å². The lowest BCUT2D eigenvalue weighted by Gasteiger charge is -2.34. The number of allylic oxidation sites excluding steroid dienone is 1. The molecule has 2 aliphatic heterocycles. The number of hydrazine groups is 1. The Morgan fingerprint density at radius 3 is 2.59 bits per heavy atom. The molecule has 7 nitrogen and oxygen atoms in total. The van der Waals surface area contributed by atoms with Crippen molar-refractivity contribution in [3.05, 3.63) is 58.4 Å². The predicted octanol–water partition coefficient (Wildman–Crippen LogP) is 3.93. The average Bonchev–Trinajstić information content (AvgIpc) is 3.43. The molecule has 0 aliphatic carbocycles. The van der Waals surface area contributed by atoms with E-state index in [2.05, 4.69) is 57.0 Å². The third-order valence-corrected chi connectivity index (χ3v) is 7.56. The first-order chi connectivity index (χ1) is 16.5. The van der Waals surface area contributed by atoms with Gasteiger partial charge in [0.05, 0.1) is 17.1 Å². The highest BCUT2D eigenvalue weighted by Crippen LogP contribution is 2.42. The minimum Gasteiger partial charge on any atom is -0.354 e. The standard InChI is InChI=1S/C25H28FN7S/c1-4-19-25(23-20(30(19)2)9-10-22(29-23)32-13-11-28-12-14-32)31(3)33-16-34-21(15-27)24(33)17-5-7-18(26)8-6-17/h5-10,28H,4,11-14,16H2,1-3H3. The van der Waals surface area contributed by atoms with Gasteiger partial charge in [-0.1, -0.05) is 18.7 Å². The van der Waals surface area contributed by atoms with E-state index in [0.717, 1.165) is 66.4 Å². The Bertz CT molecular complexity index is 1290. The van der Waals surface area contributed by atoms with Crippen LogP contribution in [0.25, 0.3) is 16.7 Å². The molecular formula is C25H28FN7S. The lowest BCUT2D eigenvalue weighted by atomic mass is 10.1. The summed E-state index contributed by atoms with van der Waals surface area (Å²) in [6.07, 6.45) is 0.844. The Kier molecular flexibility index (Phi) is 6.11. The van der Waals surface area contributed by atoms with Gasteiger partial charge in [-0.15, -0.1) is 0 Å². The minimum atomic E-state index is -0.291. The van der Waals surface area contributed by atoms with Crippen molar-refractivity contribution in [3.63, 3.8) is 0 Å². The fraction of sp³-hybridized carbons (Fsp3) is 0.360. The van der Waals surface area contributed by atoms with Crippen LogP contribution in [0.1, 0.15) is 18.2 Å². The van der Waals surface area contributed by atoms with E-state index in [1.807, 2.05) is 7.05 Å². The third kappa shape index (κ3) is 3.77. The van der Waals surface area contributed by atoms with Gasteiger partial charge in [0, 0.05) is 51.5 Å². The Balaban J connectivity index is 1.61. The van der Waals surface area contributed by atoms with E-state index in [1.165, 1.54) is 29.6 Å². The number of aromatic nitrogens is 2. The summed E-state index contributed by atoms with van der Waals surface area (Å²) in [4.78, 5) is 8.09. The number of aryl methyl sites for hydroxylation is 1. The molecule has 0 atom stereocenters. The van der Waals surface area contributed by atoms with Crippen LogP contribution < -0.4 is 15.2 Å². The molecule has 5 rings (SSSR count). The van der Waals surface area contributed by atoms with Crippen LogP contribution in [0, 0.1) is 17.1 Å². The number of thioether (sulfide) groups is 1. The molecule has 0 bridgehead atoms. The maximum Gasteiger partial charge on any atom is 0.129 e. The van der Waals surface area contributed by atoms with Crippen LogP contribution in [0.3, 0.4) is 0 Å². The zero-order valence-corrected chi connectivity index (χ0v) is 20.5. The highest BCUT2D eigenvalue weighted by atomic mass is 32.2. The van der Waals surface area contributed by atoms with E-state index in [-0.39, 0.29) is 5.82 Å². The Hall–Kier alpha value is -3.22. The summed E-state index contributed by atoms with van der Waals surface area (Å²) in [5, 5.41) is 17.4. The van der Waals surface area contributed by atoms with E-state index < -0.39 is 0 Å². The molecule has 1 aromatic carbocycles. The van der Waals surface area contributed by atoms with Gasteiger partial charge >= 0.3 is 0 Å². The summed E-state index contributed by atoms with van der Waals surface area (Å²) in [7, 11) is 4.11. The van der Waals surface area contributed by atoms with Crippen LogP contribution in [-0.2, 0) is 13.5 Å². The van der Waals surface area contributed by atoms with Gasteiger partial charge in [0.1, 0.15) is 33.8 Å². The number of hydrogen-bond donors (Lipinski definition) is 1. The smallest absolute Gasteiger partial charge is 0.129 e. The first-order valence-electron chi connectivity index (χ1n) is 11.5. The van der Waals surface area contributed by atoms with Gasteiger partial charge in [-0.05, 0) is 42.8 Å². The molecule has 0 amide bonds. The number of nitrogens with zero attached hydrogens (tertiary/aromatic N) is 6. The first-order valence-corrected chi connectivity index (χ1v) is 12.5. The van der Waals surface area contributed by atoms with Crippen molar-refractivity contribution >= 4 is 40.0 Å². The lowest BCUT2D eigenvalue weighted by molar-refractivity contribution is 0.455. The number of piperazine rings is 1. The minimum absolute atomic E-state index is 0.291. The zero-order chi connectivity index (χ0) is 23.8. The van der Waals surface area contributed by atoms with Gasteiger partial charge in [0.25, 0.3) is 0 Å². The highest BCUT2D eigenvalue weighted by Gasteiger charge is 2.31. The molecule has 34 heavy (non-hydrogen) atoms. The van der Waals surface area contributed by atoms with Gasteiger partial charge in [-0.2, -0.15) is 5.26 Å². The molecule has 1 fully saturated rings. The summed E-state index contributed by atoms with van der Waals surface area (Å²) in [6.45, 7) is 5.93. The van der Waals surface area contributed by atoms with Crippen molar-refractivity contribution in [3.8, 4) is 6.07 Å². The fourth-order valence-corrected chi connectivity index (χ4v) is 5.83. The summed E-state index contributed by atoms with van der Waals surface area (Å²) >= 11 is 1.50. The average molecular weight is 478 g/mol. The lowest BCUT2D eigenvalue weighted by Crippen LogP contribution is -2.43. The van der Waals surface area contributed by atoms with Crippen molar-refractivity contribution < 1.29 is 4.39 Å². The molecule has 1 saturated heterocycles. The second kappa shape index (κ2) is 9.20. The maximum atomic E-state index is 13.6. The molecule has 0 saturated carbocycles. The molecule has 2 aliphatic rings. The van der Waals surface area contributed by atoms with Crippen LogP contribution in [-0.4, -0.2) is 53.7 Å². The quantitative estimate of drug-likeness (QED) is 0.597. The number of benzene rings is 1. The molecule has 0 radical (unpaired) electrons. The third-order valence-electron chi connectivity index (χ3n) is 6.61. The number of fused-ring (bicyclic) bond motifs is 1. The van der Waals surface area contributed by atoms with E-state index >= 15 is 0 Å². The number of nitrogens with one attached hydrogen (secondary N) is 1. The van der Waals surface area contributed by atoms with Crippen LogP contribution >= 0.6 is 11.8 Å². The van der Waals surface area contributed by atoms with Crippen molar-refractivity contribution in [2.75, 3.05) is 49.0 Å². The van der Waals surface area contributed by atoms with E-state index in [0.29, 0.717) is 10.8 Å². The van der Waals surface area contributed by atoms with E-state index in [4.69, 9.17) is 4.98 Å². The molecule has 4 heterocycles. The predicted molar refractivity (Wildman–Crippen MR) is 137 cm³/mol. The Morgan fingerprint density at radius 2 is 1.91 bits per heavy atom. The zero-order valence-electron chi connectivity index (χ0n) is 19.7. The van der Waals surface area contributed by atoms with Crippen LogP contribution in [0.5, 0.6) is 0 Å². The number of hydrogen-bond acceptors (Lipinski definition) is 7. The molecule has 2 aromatic heterocycles. The van der Waals surface area contributed by atoms with Crippen molar-refractivity contribution in [1.82, 2.24) is 19.9 Å². The topological polar surface area (TPSA) is 63.4 Å². The molecule has 0 unspecified atom stereocenters. The van der Waals surface area contributed by atoms with Crippen molar-refractivity contribution in [1.29, 1.82) is 5.26 Å². The second-order valence-electron chi connectivity index (χ2n) is 8.48. The van der Waals surface area contributed by atoms with Gasteiger partial charge in [0.15, 0.2) is 0 Å². The summed E-state index contributed by atoms with van der Waals surface area (Å²) in [5.74, 6) is 1.29. The molecule has 176 valence electrons. The summed E-state index contributed by atoms with van der Waals surface area (Å²) in [5.41, 5.74) is 5.87. The highest BCUT2D eigenvalue weighted by molar-refractivity contribution is 8.03. The first kappa shape index (κ1) is 22.6. The van der Waals surface area contributed by atoms with Gasteiger partial charge in [-0.3, -0.25) is 10.0 Å². The van der Waals surface area contributed by atoms with Crippen LogP contribution in [0.2, 0.25) is 0 Å². The number of pyridine rings is 1. The van der Waals surface area contributed by atoms with Gasteiger partial charge in [-0.25, -0.2) is 9.37 Å². The summed E-state index contributed by atoms with van der Waals surface area (Å²) in [6, 6.07) is 13.0. The Morgan fingerprint density at radius 1 is 1.18 bits per heavy atom. The molecule has 1 N–H and O–H groups in total. The molecule has 0 spiro atoms. The van der Waals surface area contributed by atoms with Crippen LogP contribution in [0.15, 0.2) is 41.3 Å². The van der Waals surface area contributed by atoms with Crippen LogP contribution in [0.4, 0.5) is 15.9 Å². The molecule has 9 heteroatoms. The maximum absolute atomic E-state index is 13.6. The second-order valence-corrected chi connectivity index (χ2v) is 9.43. The van der Waals surface area contributed by atoms with Crippen molar-refractivity contribution in [2.45, 2.75) is 13.3 Å². The summed E-state index contributed by atoms with van der Waals surface area (Å²) < 4.78 is 15.8.